The lowest BCUT2D eigenvalue weighted by Crippen LogP contribution is -2.40. The molecule has 0 bridgehead atoms. The third kappa shape index (κ3) is 6.50. The fourth-order valence-corrected chi connectivity index (χ4v) is 3.23. The van der Waals surface area contributed by atoms with Crippen molar-refractivity contribution in [1.29, 1.82) is 0 Å². The van der Waals surface area contributed by atoms with E-state index < -0.39 is 28.2 Å². The van der Waals surface area contributed by atoms with Crippen LogP contribution in [0.15, 0.2) is 53.4 Å². The largest absolute Gasteiger partial charge is 0.478 e. The lowest BCUT2D eigenvalue weighted by atomic mass is 10.0. The number of carboxylic acid groups (broad SMARTS) is 1. The number of amides is 1. The highest BCUT2D eigenvalue weighted by Crippen LogP contribution is 2.60. The first-order valence-corrected chi connectivity index (χ1v) is 10.6. The first-order valence-electron chi connectivity index (χ1n) is 9.25. The topological polar surface area (TPSA) is 75.6 Å². The number of carbonyl (C=O) groups is 2. The van der Waals surface area contributed by atoms with Crippen molar-refractivity contribution in [1.82, 2.24) is 5.32 Å². The minimum atomic E-state index is -5.26. The molecule has 2 aromatic carbocycles. The highest BCUT2D eigenvalue weighted by Gasteiger charge is 2.26. The molecule has 5 nitrogen and oxygen atoms in total. The van der Waals surface area contributed by atoms with Gasteiger partial charge in [0.1, 0.15) is 6.10 Å². The molecule has 2 atom stereocenters. The Morgan fingerprint density at radius 3 is 2.03 bits per heavy atom. The van der Waals surface area contributed by atoms with Crippen LogP contribution in [0.5, 0.6) is 0 Å². The number of ether oxygens (including phenoxy) is 1. The zero-order valence-electron chi connectivity index (χ0n) is 16.8. The number of hydrogen-bond donors (Lipinski definition) is 2. The van der Waals surface area contributed by atoms with Crippen LogP contribution < -0.4 is 5.32 Å². The van der Waals surface area contributed by atoms with E-state index in [1.165, 1.54) is 24.3 Å². The van der Waals surface area contributed by atoms with Crippen molar-refractivity contribution in [2.45, 2.75) is 44.4 Å². The van der Waals surface area contributed by atoms with Gasteiger partial charge in [0.2, 0.25) is 17.1 Å². The summed E-state index contributed by atoms with van der Waals surface area (Å²) in [6.07, 6.45) is -0.793. The van der Waals surface area contributed by atoms with Gasteiger partial charge in [-0.1, -0.05) is 38.1 Å². The maximum atomic E-state index is 12.7. The quantitative estimate of drug-likeness (QED) is 0.527. The molecule has 0 radical (unpaired) electrons. The Kier molecular flexibility index (Phi) is 7.91. The van der Waals surface area contributed by atoms with Gasteiger partial charge in [-0.2, -0.15) is 0 Å². The average molecular weight is 443 g/mol. The van der Waals surface area contributed by atoms with Crippen molar-refractivity contribution in [2.75, 3.05) is 0 Å². The number of rotatable bonds is 9. The molecule has 164 valence electrons. The highest BCUT2D eigenvalue weighted by atomic mass is 32.3. The molecule has 0 spiro atoms. The zero-order valence-corrected chi connectivity index (χ0v) is 17.6. The van der Waals surface area contributed by atoms with Crippen molar-refractivity contribution in [2.24, 2.45) is 5.92 Å². The second-order valence-corrected chi connectivity index (χ2v) is 8.47. The zero-order chi connectivity index (χ0) is 22.5. The molecular weight excluding hydrogens is 419 g/mol. The van der Waals surface area contributed by atoms with Crippen LogP contribution in [-0.4, -0.2) is 23.1 Å². The lowest BCUT2D eigenvalue weighted by molar-refractivity contribution is -0.137. The average Bonchev–Trinajstić information content (AvgIpc) is 2.67. The summed E-state index contributed by atoms with van der Waals surface area (Å²) in [6, 6.07) is 10.5. The van der Waals surface area contributed by atoms with Gasteiger partial charge in [0.25, 0.3) is 0 Å². The van der Waals surface area contributed by atoms with Crippen LogP contribution in [0, 0.1) is 5.92 Å². The summed E-state index contributed by atoms with van der Waals surface area (Å²) in [6.45, 7) is 5.40. The van der Waals surface area contributed by atoms with Gasteiger partial charge in [-0.15, -0.1) is 11.7 Å². The Labute approximate surface area is 175 Å². The first kappa shape index (κ1) is 23.8. The summed E-state index contributed by atoms with van der Waals surface area (Å²) < 4.78 is 43.9. The van der Waals surface area contributed by atoms with Crippen LogP contribution in [0.3, 0.4) is 0 Å². The van der Waals surface area contributed by atoms with E-state index in [9.17, 15) is 21.2 Å². The second kappa shape index (κ2) is 9.99. The van der Waals surface area contributed by atoms with Gasteiger partial charge in [0, 0.05) is 0 Å². The van der Waals surface area contributed by atoms with Crippen molar-refractivity contribution in [3.05, 3.63) is 65.2 Å². The minimum Gasteiger partial charge on any atom is -0.478 e. The maximum Gasteiger partial charge on any atom is 0.335 e. The van der Waals surface area contributed by atoms with Gasteiger partial charge in [-0.25, -0.2) is 4.79 Å². The van der Waals surface area contributed by atoms with Gasteiger partial charge >= 0.3 is 5.97 Å². The Balaban J connectivity index is 1.99. The van der Waals surface area contributed by atoms with Crippen LogP contribution in [0.4, 0.5) is 11.7 Å². The maximum absolute atomic E-state index is 12.7. The number of benzene rings is 2. The normalized spacial score (nSPS) is 14.2. The monoisotopic (exact) mass is 443 g/mol. The number of carboxylic acids is 1. The molecule has 0 saturated carbocycles. The molecule has 30 heavy (non-hydrogen) atoms. The van der Waals surface area contributed by atoms with E-state index in [2.05, 4.69) is 5.32 Å². The Morgan fingerprint density at radius 1 is 1.00 bits per heavy atom. The van der Waals surface area contributed by atoms with E-state index >= 15 is 0 Å². The SMILES string of the molecule is CC(C)[C@@H](OCc1ccc(S(F)(F)F)cc1)C(=O)N[C@@H](C)c1ccc(C(=O)O)cc1. The van der Waals surface area contributed by atoms with Gasteiger partial charge in [-0.05, 0) is 48.2 Å². The summed E-state index contributed by atoms with van der Waals surface area (Å²) in [5, 5.41) is 11.8. The molecule has 0 fully saturated rings. The molecular formula is C21H24F3NO4S. The number of carbonyl (C=O) groups excluding carboxylic acids is 1. The minimum absolute atomic E-state index is 0.00538. The van der Waals surface area contributed by atoms with E-state index in [0.717, 1.165) is 17.7 Å². The standard InChI is InChI=1S/C21H24F3NO4S/c1-13(2)19(29-12-15-4-10-18(11-5-15)30(22,23)24)20(26)25-14(3)16-6-8-17(9-7-16)21(27)28/h4-11,13-14,19H,12H2,1-3H3,(H,25,26)(H,27,28)/t14-,19+/m0/s1. The van der Waals surface area contributed by atoms with E-state index in [4.69, 9.17) is 9.84 Å². The summed E-state index contributed by atoms with van der Waals surface area (Å²) >= 11 is -5.26. The number of nitrogens with one attached hydrogen (secondary N) is 1. The Bertz CT molecular complexity index is 867. The molecule has 0 heterocycles. The summed E-state index contributed by atoms with van der Waals surface area (Å²) in [5.74, 6) is -1.54. The summed E-state index contributed by atoms with van der Waals surface area (Å²) in [7, 11) is 0. The summed E-state index contributed by atoms with van der Waals surface area (Å²) in [5.41, 5.74) is 1.43. The van der Waals surface area contributed by atoms with Crippen molar-refractivity contribution < 1.29 is 31.1 Å². The summed E-state index contributed by atoms with van der Waals surface area (Å²) in [4.78, 5) is 23.0. The molecule has 0 aliphatic rings. The Morgan fingerprint density at radius 2 is 1.57 bits per heavy atom. The molecule has 2 rings (SSSR count). The predicted octanol–water partition coefficient (Wildman–Crippen LogP) is 5.62. The van der Waals surface area contributed by atoms with Crippen LogP contribution in [0.1, 0.15) is 48.3 Å². The molecule has 0 unspecified atom stereocenters. The number of aromatic carboxylic acids is 1. The van der Waals surface area contributed by atoms with Crippen molar-refractivity contribution in [3.63, 3.8) is 0 Å². The van der Waals surface area contributed by atoms with Gasteiger partial charge in [-0.3, -0.25) is 4.79 Å². The van der Waals surface area contributed by atoms with Crippen LogP contribution >= 0.6 is 11.2 Å². The van der Waals surface area contributed by atoms with Gasteiger partial charge < -0.3 is 15.2 Å². The molecule has 2 aromatic rings. The third-order valence-electron chi connectivity index (χ3n) is 4.50. The lowest BCUT2D eigenvalue weighted by Gasteiger charge is -2.24. The van der Waals surface area contributed by atoms with Crippen LogP contribution in [0.2, 0.25) is 0 Å². The van der Waals surface area contributed by atoms with Gasteiger partial charge in [0.05, 0.1) is 23.1 Å². The van der Waals surface area contributed by atoms with E-state index in [-0.39, 0.29) is 30.0 Å². The highest BCUT2D eigenvalue weighted by molar-refractivity contribution is 8.20. The molecule has 0 aliphatic carbocycles. The number of halogens is 3. The molecule has 0 aliphatic heterocycles. The van der Waals surface area contributed by atoms with E-state index in [0.29, 0.717) is 5.56 Å². The smallest absolute Gasteiger partial charge is 0.335 e. The van der Waals surface area contributed by atoms with E-state index in [1.807, 2.05) is 13.8 Å². The molecule has 0 saturated heterocycles. The number of hydrogen-bond acceptors (Lipinski definition) is 3. The first-order chi connectivity index (χ1) is 14.0. The van der Waals surface area contributed by atoms with Crippen LogP contribution in [0.25, 0.3) is 0 Å². The Hall–Kier alpha value is -2.52. The second-order valence-electron chi connectivity index (χ2n) is 7.18. The van der Waals surface area contributed by atoms with Crippen molar-refractivity contribution in [3.8, 4) is 0 Å². The molecule has 1 amide bonds. The fourth-order valence-electron chi connectivity index (χ4n) is 2.79. The van der Waals surface area contributed by atoms with Crippen LogP contribution in [-0.2, 0) is 16.1 Å². The fraction of sp³-hybridized carbons (Fsp3) is 0.333. The molecule has 2 N–H and O–H groups in total. The third-order valence-corrected chi connectivity index (χ3v) is 5.31. The van der Waals surface area contributed by atoms with Crippen molar-refractivity contribution >= 4 is 23.1 Å². The molecule has 9 heteroatoms. The molecule has 0 aromatic heterocycles. The van der Waals surface area contributed by atoms with Gasteiger partial charge in [0.15, 0.2) is 0 Å². The predicted molar refractivity (Wildman–Crippen MR) is 109 cm³/mol. The van der Waals surface area contributed by atoms with E-state index in [1.54, 1.807) is 19.1 Å².